The Labute approximate surface area is 176 Å². The largest absolute Gasteiger partial charge is 0.487 e. The number of carbonyl (C=O) groups excluding carboxylic acids is 1. The van der Waals surface area contributed by atoms with E-state index in [9.17, 15) is 4.79 Å². The van der Waals surface area contributed by atoms with Gasteiger partial charge in [-0.1, -0.05) is 12.1 Å². The first kappa shape index (κ1) is 21.5. The number of amides is 1. The molecule has 1 amide bonds. The Morgan fingerprint density at radius 1 is 1.31 bits per heavy atom. The Bertz CT molecular complexity index is 824. The molecule has 1 aromatic carbocycles. The van der Waals surface area contributed by atoms with E-state index in [2.05, 4.69) is 29.0 Å². The number of rotatable bonds is 8. The van der Waals surface area contributed by atoms with E-state index < -0.39 is 0 Å². The van der Waals surface area contributed by atoms with Crippen molar-refractivity contribution in [2.45, 2.75) is 32.9 Å². The fraction of sp³-hybridized carbons (Fsp3) is 0.455. The van der Waals surface area contributed by atoms with E-state index >= 15 is 0 Å². The molecule has 0 spiro atoms. The van der Waals surface area contributed by atoms with Crippen molar-refractivity contribution < 1.29 is 14.3 Å². The lowest BCUT2D eigenvalue weighted by molar-refractivity contribution is -0.117. The second kappa shape index (κ2) is 10.0. The third kappa shape index (κ3) is 6.66. The van der Waals surface area contributed by atoms with Gasteiger partial charge in [0.2, 0.25) is 5.91 Å². The number of ether oxygens (including phenoxy) is 2. The number of carbonyl (C=O) groups is 1. The molecule has 1 saturated heterocycles. The summed E-state index contributed by atoms with van der Waals surface area (Å²) in [7, 11) is 0. The number of morpholine rings is 1. The number of hydrogen-bond donors (Lipinski definition) is 1. The van der Waals surface area contributed by atoms with Crippen LogP contribution in [0.4, 0.5) is 0 Å². The van der Waals surface area contributed by atoms with E-state index in [1.54, 1.807) is 17.4 Å². The van der Waals surface area contributed by atoms with Gasteiger partial charge in [-0.2, -0.15) is 0 Å². The summed E-state index contributed by atoms with van der Waals surface area (Å²) < 4.78 is 11.2. The minimum absolute atomic E-state index is 0.0921. The molecule has 0 atom stereocenters. The van der Waals surface area contributed by atoms with Gasteiger partial charge in [-0.15, -0.1) is 11.3 Å². The number of aryl methyl sites for hydroxylation is 1. The standard InChI is InChI=1S/C22H29N3O3S/c1-17-24-19(15-29-17)14-28-20-7-4-18(5-8-20)6-9-21(26)23-16-22(2,3)25-10-12-27-13-11-25/h4-9,15H,10-14,16H2,1-3H3,(H,23,26)/b9-6+. The average Bonchev–Trinajstić information content (AvgIpc) is 3.16. The Morgan fingerprint density at radius 2 is 2.03 bits per heavy atom. The minimum atomic E-state index is -0.0951. The third-order valence-electron chi connectivity index (χ3n) is 4.92. The van der Waals surface area contributed by atoms with Crippen LogP contribution in [0.15, 0.2) is 35.7 Å². The van der Waals surface area contributed by atoms with Crippen molar-refractivity contribution >= 4 is 23.3 Å². The first-order chi connectivity index (χ1) is 13.9. The molecule has 6 nitrogen and oxygen atoms in total. The van der Waals surface area contributed by atoms with Crippen molar-refractivity contribution in [2.75, 3.05) is 32.8 Å². The van der Waals surface area contributed by atoms with Gasteiger partial charge in [0, 0.05) is 36.6 Å². The lowest BCUT2D eigenvalue weighted by Gasteiger charge is -2.40. The van der Waals surface area contributed by atoms with Crippen LogP contribution >= 0.6 is 11.3 Å². The maximum atomic E-state index is 12.2. The summed E-state index contributed by atoms with van der Waals surface area (Å²) in [5.74, 6) is 0.690. The quantitative estimate of drug-likeness (QED) is 0.671. The monoisotopic (exact) mass is 415 g/mol. The predicted octanol–water partition coefficient (Wildman–Crippen LogP) is 3.27. The van der Waals surface area contributed by atoms with Gasteiger partial charge < -0.3 is 14.8 Å². The van der Waals surface area contributed by atoms with Crippen LogP contribution in [0.2, 0.25) is 0 Å². The average molecular weight is 416 g/mol. The first-order valence-corrected chi connectivity index (χ1v) is 10.7. The fourth-order valence-electron chi connectivity index (χ4n) is 3.12. The highest BCUT2D eigenvalue weighted by molar-refractivity contribution is 7.09. The molecule has 0 bridgehead atoms. The third-order valence-corrected chi connectivity index (χ3v) is 5.75. The molecule has 0 aliphatic carbocycles. The van der Waals surface area contributed by atoms with Crippen LogP contribution in [0.5, 0.6) is 5.75 Å². The second-order valence-corrected chi connectivity index (χ2v) is 8.74. The Kier molecular flexibility index (Phi) is 7.41. The van der Waals surface area contributed by atoms with Crippen molar-refractivity contribution in [3.63, 3.8) is 0 Å². The van der Waals surface area contributed by atoms with Gasteiger partial charge in [-0.25, -0.2) is 4.98 Å². The van der Waals surface area contributed by atoms with Crippen LogP contribution in [0, 0.1) is 6.92 Å². The lowest BCUT2D eigenvalue weighted by Crippen LogP contribution is -2.55. The van der Waals surface area contributed by atoms with Gasteiger partial charge >= 0.3 is 0 Å². The summed E-state index contributed by atoms with van der Waals surface area (Å²) in [6, 6.07) is 7.67. The molecule has 0 unspecified atom stereocenters. The highest BCUT2D eigenvalue weighted by Gasteiger charge is 2.28. The van der Waals surface area contributed by atoms with E-state index in [1.165, 1.54) is 0 Å². The smallest absolute Gasteiger partial charge is 0.244 e. The fourth-order valence-corrected chi connectivity index (χ4v) is 3.72. The van der Waals surface area contributed by atoms with Crippen LogP contribution in [0.1, 0.15) is 30.1 Å². The summed E-state index contributed by atoms with van der Waals surface area (Å²) in [5, 5.41) is 6.05. The van der Waals surface area contributed by atoms with E-state index in [1.807, 2.05) is 42.6 Å². The highest BCUT2D eigenvalue weighted by atomic mass is 32.1. The van der Waals surface area contributed by atoms with Crippen molar-refractivity contribution in [1.29, 1.82) is 0 Å². The molecule has 0 radical (unpaired) electrons. The molecule has 156 valence electrons. The number of nitrogens with one attached hydrogen (secondary N) is 1. The summed E-state index contributed by atoms with van der Waals surface area (Å²) in [5.41, 5.74) is 1.79. The Morgan fingerprint density at radius 3 is 2.69 bits per heavy atom. The predicted molar refractivity (Wildman–Crippen MR) is 116 cm³/mol. The minimum Gasteiger partial charge on any atom is -0.487 e. The summed E-state index contributed by atoms with van der Waals surface area (Å²) in [6.45, 7) is 10.6. The topological polar surface area (TPSA) is 63.7 Å². The van der Waals surface area contributed by atoms with Crippen molar-refractivity contribution in [3.05, 3.63) is 52.0 Å². The zero-order valence-electron chi connectivity index (χ0n) is 17.3. The maximum Gasteiger partial charge on any atom is 0.244 e. The molecule has 2 aromatic rings. The van der Waals surface area contributed by atoms with Gasteiger partial charge in [0.05, 0.1) is 23.9 Å². The molecule has 1 aliphatic rings. The highest BCUT2D eigenvalue weighted by Crippen LogP contribution is 2.17. The van der Waals surface area contributed by atoms with Gasteiger partial charge in [-0.3, -0.25) is 9.69 Å². The van der Waals surface area contributed by atoms with Crippen molar-refractivity contribution in [3.8, 4) is 5.75 Å². The van der Waals surface area contributed by atoms with Crippen LogP contribution in [0.3, 0.4) is 0 Å². The molecular weight excluding hydrogens is 386 g/mol. The summed E-state index contributed by atoms with van der Waals surface area (Å²) >= 11 is 1.62. The number of thiazole rings is 1. The number of aromatic nitrogens is 1. The second-order valence-electron chi connectivity index (χ2n) is 7.68. The molecule has 0 saturated carbocycles. The molecule has 7 heteroatoms. The van der Waals surface area contributed by atoms with Gasteiger partial charge in [0.15, 0.2) is 0 Å². The molecule has 1 fully saturated rings. The number of benzene rings is 1. The van der Waals surface area contributed by atoms with Crippen LogP contribution in [-0.2, 0) is 16.1 Å². The van der Waals surface area contributed by atoms with E-state index in [0.717, 1.165) is 48.3 Å². The number of nitrogens with zero attached hydrogens (tertiary/aromatic N) is 2. The van der Waals surface area contributed by atoms with Crippen LogP contribution in [-0.4, -0.2) is 54.2 Å². The van der Waals surface area contributed by atoms with Gasteiger partial charge in [0.1, 0.15) is 12.4 Å². The van der Waals surface area contributed by atoms with Crippen LogP contribution < -0.4 is 10.1 Å². The van der Waals surface area contributed by atoms with Gasteiger partial charge in [-0.05, 0) is 44.5 Å². The number of hydrogen-bond acceptors (Lipinski definition) is 6. The molecule has 1 aliphatic heterocycles. The van der Waals surface area contributed by atoms with Crippen molar-refractivity contribution in [1.82, 2.24) is 15.2 Å². The summed E-state index contributed by atoms with van der Waals surface area (Å²) in [6.07, 6.45) is 3.38. The Hall–Kier alpha value is -2.22. The maximum absolute atomic E-state index is 12.2. The van der Waals surface area contributed by atoms with E-state index in [0.29, 0.717) is 13.2 Å². The SMILES string of the molecule is Cc1nc(COc2ccc(/C=C/C(=O)NCC(C)(C)N3CCOCC3)cc2)cs1. The Balaban J connectivity index is 1.44. The van der Waals surface area contributed by atoms with Gasteiger partial charge in [0.25, 0.3) is 0 Å². The van der Waals surface area contributed by atoms with E-state index in [-0.39, 0.29) is 11.4 Å². The summed E-state index contributed by atoms with van der Waals surface area (Å²) in [4.78, 5) is 18.9. The zero-order valence-corrected chi connectivity index (χ0v) is 18.1. The van der Waals surface area contributed by atoms with Crippen molar-refractivity contribution in [2.24, 2.45) is 0 Å². The van der Waals surface area contributed by atoms with E-state index in [4.69, 9.17) is 9.47 Å². The van der Waals surface area contributed by atoms with Crippen LogP contribution in [0.25, 0.3) is 6.08 Å². The molecule has 1 N–H and O–H groups in total. The normalized spacial score (nSPS) is 15.6. The zero-order chi connectivity index (χ0) is 20.7. The molecule has 1 aromatic heterocycles. The molecule has 2 heterocycles. The molecule has 3 rings (SSSR count). The first-order valence-electron chi connectivity index (χ1n) is 9.85. The molecule has 29 heavy (non-hydrogen) atoms. The lowest BCUT2D eigenvalue weighted by atomic mass is 10.0. The molecular formula is C22H29N3O3S.